The molecule has 0 spiro atoms. The van der Waals surface area contributed by atoms with Crippen LogP contribution in [0.5, 0.6) is 0 Å². The lowest BCUT2D eigenvalue weighted by molar-refractivity contribution is -0.161. The van der Waals surface area contributed by atoms with Crippen molar-refractivity contribution in [2.45, 2.75) is 187 Å². The minimum absolute atomic E-state index is 0.183. The molecular formula is C37H71O10P. The fraction of sp³-hybridized carbons (Fsp3) is 0.892. The summed E-state index contributed by atoms with van der Waals surface area (Å²) in [6.07, 6.45) is 29.1. The van der Waals surface area contributed by atoms with Crippen molar-refractivity contribution >= 4 is 19.8 Å². The van der Waals surface area contributed by atoms with E-state index in [1.54, 1.807) is 0 Å². The van der Waals surface area contributed by atoms with E-state index in [2.05, 4.69) is 30.5 Å². The van der Waals surface area contributed by atoms with E-state index in [9.17, 15) is 24.2 Å². The van der Waals surface area contributed by atoms with Crippen molar-refractivity contribution in [1.82, 2.24) is 0 Å². The maximum atomic E-state index is 12.5. The molecule has 11 heteroatoms. The van der Waals surface area contributed by atoms with Crippen LogP contribution >= 0.6 is 7.82 Å². The van der Waals surface area contributed by atoms with Crippen LogP contribution in [0, 0.1) is 0 Å². The summed E-state index contributed by atoms with van der Waals surface area (Å²) in [6, 6.07) is 0. The van der Waals surface area contributed by atoms with Gasteiger partial charge in [-0.2, -0.15) is 0 Å². The number of hydrogen-bond acceptors (Lipinski definition) is 9. The van der Waals surface area contributed by atoms with Crippen LogP contribution in [0.3, 0.4) is 0 Å². The molecule has 0 radical (unpaired) electrons. The van der Waals surface area contributed by atoms with E-state index in [0.29, 0.717) is 12.8 Å². The van der Waals surface area contributed by atoms with Crippen LogP contribution in [0.4, 0.5) is 0 Å². The van der Waals surface area contributed by atoms with Crippen molar-refractivity contribution < 1.29 is 47.8 Å². The second kappa shape index (κ2) is 34.2. The predicted molar refractivity (Wildman–Crippen MR) is 192 cm³/mol. The monoisotopic (exact) mass is 706 g/mol. The highest BCUT2D eigenvalue weighted by Gasteiger charge is 2.27. The first-order chi connectivity index (χ1) is 23.2. The highest BCUT2D eigenvalue weighted by Crippen LogP contribution is 2.43. The molecule has 0 heterocycles. The Morgan fingerprint density at radius 1 is 0.604 bits per heavy atom. The maximum absolute atomic E-state index is 12.5. The van der Waals surface area contributed by atoms with E-state index in [1.165, 1.54) is 89.9 Å². The zero-order valence-electron chi connectivity index (χ0n) is 30.5. The molecule has 0 fully saturated rings. The Morgan fingerprint density at radius 2 is 1.02 bits per heavy atom. The van der Waals surface area contributed by atoms with E-state index in [-0.39, 0.29) is 19.4 Å². The number of aliphatic hydroxyl groups is 2. The number of allylic oxidation sites excluding steroid dienone is 2. The molecule has 0 rings (SSSR count). The molecule has 0 saturated heterocycles. The summed E-state index contributed by atoms with van der Waals surface area (Å²) in [5.74, 6) is -0.930. The van der Waals surface area contributed by atoms with E-state index in [0.717, 1.165) is 44.9 Å². The van der Waals surface area contributed by atoms with E-state index in [1.807, 2.05) is 0 Å². The zero-order chi connectivity index (χ0) is 35.6. The minimum Gasteiger partial charge on any atom is -0.462 e. The molecule has 0 bridgehead atoms. The largest absolute Gasteiger partial charge is 0.472 e. The minimum atomic E-state index is -4.60. The highest BCUT2D eigenvalue weighted by molar-refractivity contribution is 7.47. The summed E-state index contributed by atoms with van der Waals surface area (Å²) >= 11 is 0. The SMILES string of the molecule is CCCCCCCC/C=C/CCCCCCCCCC(=O)O[C@H](COC(=O)CCCCCCCCCC)COP(=O)(O)OC[C@@H](O)CO. The van der Waals surface area contributed by atoms with Gasteiger partial charge in [0.15, 0.2) is 6.10 Å². The third kappa shape index (κ3) is 33.2. The quantitative estimate of drug-likeness (QED) is 0.0249. The fourth-order valence-electron chi connectivity index (χ4n) is 5.16. The number of esters is 2. The van der Waals surface area contributed by atoms with Gasteiger partial charge in [0.1, 0.15) is 12.7 Å². The number of unbranched alkanes of at least 4 members (excludes halogenated alkanes) is 20. The number of aliphatic hydroxyl groups excluding tert-OH is 2. The molecule has 0 aromatic carbocycles. The van der Waals surface area contributed by atoms with Gasteiger partial charge in [0.2, 0.25) is 0 Å². The molecule has 3 N–H and O–H groups in total. The van der Waals surface area contributed by atoms with E-state index in [4.69, 9.17) is 19.1 Å². The summed E-state index contributed by atoms with van der Waals surface area (Å²) in [5, 5.41) is 18.2. The van der Waals surface area contributed by atoms with E-state index >= 15 is 0 Å². The van der Waals surface area contributed by atoms with Crippen molar-refractivity contribution in [3.63, 3.8) is 0 Å². The van der Waals surface area contributed by atoms with Crippen LogP contribution in [-0.2, 0) is 32.7 Å². The Morgan fingerprint density at radius 3 is 1.50 bits per heavy atom. The highest BCUT2D eigenvalue weighted by atomic mass is 31.2. The number of hydrogen-bond donors (Lipinski definition) is 3. The standard InChI is InChI=1S/C37H71O10P/c1-3-5-7-9-11-13-14-15-16-17-18-19-20-21-23-25-27-29-37(41)47-35(33-46-48(42,43)45-31-34(39)30-38)32-44-36(40)28-26-24-22-12-10-8-6-4-2/h15-16,34-35,38-39H,3-14,17-33H2,1-2H3,(H,42,43)/b16-15+/t34-,35+/m0/s1. The van der Waals surface area contributed by atoms with Crippen LogP contribution < -0.4 is 0 Å². The summed E-state index contributed by atoms with van der Waals surface area (Å²) < 4.78 is 32.5. The van der Waals surface area contributed by atoms with Crippen molar-refractivity contribution in [2.75, 3.05) is 26.4 Å². The number of phosphoric acid groups is 1. The van der Waals surface area contributed by atoms with Crippen LogP contribution in [0.2, 0.25) is 0 Å². The lowest BCUT2D eigenvalue weighted by atomic mass is 10.1. The summed E-state index contributed by atoms with van der Waals surface area (Å²) in [7, 11) is -4.60. The molecule has 3 atom stereocenters. The van der Waals surface area contributed by atoms with Gasteiger partial charge in [-0.3, -0.25) is 18.6 Å². The molecule has 1 unspecified atom stereocenters. The molecular weight excluding hydrogens is 635 g/mol. The molecule has 284 valence electrons. The summed E-state index contributed by atoms with van der Waals surface area (Å²) in [4.78, 5) is 34.7. The molecule has 0 saturated carbocycles. The molecule has 0 aliphatic carbocycles. The predicted octanol–water partition coefficient (Wildman–Crippen LogP) is 9.28. The first kappa shape index (κ1) is 46.7. The normalized spacial score (nSPS) is 14.2. The molecule has 0 aliphatic heterocycles. The molecule has 10 nitrogen and oxygen atoms in total. The van der Waals surface area contributed by atoms with E-state index < -0.39 is 51.8 Å². The topological polar surface area (TPSA) is 149 Å². The van der Waals surface area contributed by atoms with Gasteiger partial charge >= 0.3 is 19.8 Å². The maximum Gasteiger partial charge on any atom is 0.472 e. The Balaban J connectivity index is 4.29. The van der Waals surface area contributed by atoms with Crippen LogP contribution in [0.25, 0.3) is 0 Å². The first-order valence-corrected chi connectivity index (χ1v) is 20.6. The Labute approximate surface area is 292 Å². The molecule has 0 aromatic heterocycles. The average molecular weight is 707 g/mol. The van der Waals surface area contributed by atoms with Crippen LogP contribution in [0.1, 0.15) is 174 Å². The Bertz CT molecular complexity index is 822. The zero-order valence-corrected chi connectivity index (χ0v) is 31.4. The molecule has 0 aliphatic rings. The van der Waals surface area contributed by atoms with Crippen molar-refractivity contribution in [1.29, 1.82) is 0 Å². The van der Waals surface area contributed by atoms with Crippen LogP contribution in [0.15, 0.2) is 12.2 Å². The number of phosphoric ester groups is 1. The lowest BCUT2D eigenvalue weighted by Crippen LogP contribution is -2.29. The van der Waals surface area contributed by atoms with Gasteiger partial charge in [0, 0.05) is 12.8 Å². The third-order valence-corrected chi connectivity index (χ3v) is 9.12. The summed E-state index contributed by atoms with van der Waals surface area (Å²) in [5.41, 5.74) is 0. The van der Waals surface area contributed by atoms with Crippen molar-refractivity contribution in [3.8, 4) is 0 Å². The summed E-state index contributed by atoms with van der Waals surface area (Å²) in [6.45, 7) is 2.33. The van der Waals surface area contributed by atoms with Gasteiger partial charge in [-0.15, -0.1) is 0 Å². The van der Waals surface area contributed by atoms with Gasteiger partial charge in [0.25, 0.3) is 0 Å². The number of rotatable bonds is 36. The average Bonchev–Trinajstić information content (AvgIpc) is 3.07. The van der Waals surface area contributed by atoms with Gasteiger partial charge in [0.05, 0.1) is 19.8 Å². The second-order valence-corrected chi connectivity index (χ2v) is 14.4. The third-order valence-electron chi connectivity index (χ3n) is 8.17. The Kier molecular flexibility index (Phi) is 33.3. The van der Waals surface area contributed by atoms with Crippen molar-refractivity contribution in [2.24, 2.45) is 0 Å². The second-order valence-electron chi connectivity index (χ2n) is 13.0. The lowest BCUT2D eigenvalue weighted by Gasteiger charge is -2.20. The van der Waals surface area contributed by atoms with Crippen LogP contribution in [-0.4, -0.2) is 65.7 Å². The van der Waals surface area contributed by atoms with Crippen molar-refractivity contribution in [3.05, 3.63) is 12.2 Å². The van der Waals surface area contributed by atoms with Gasteiger partial charge in [-0.25, -0.2) is 4.57 Å². The first-order valence-electron chi connectivity index (χ1n) is 19.1. The number of carbonyl (C=O) groups excluding carboxylic acids is 2. The fourth-order valence-corrected chi connectivity index (χ4v) is 5.95. The van der Waals surface area contributed by atoms with Gasteiger partial charge in [-0.05, 0) is 38.5 Å². The van der Waals surface area contributed by atoms with Gasteiger partial charge < -0.3 is 24.6 Å². The Hall–Kier alpha value is -1.29. The molecule has 0 amide bonds. The molecule has 0 aromatic rings. The molecule has 48 heavy (non-hydrogen) atoms. The number of ether oxygens (including phenoxy) is 2. The number of carbonyl (C=O) groups is 2. The smallest absolute Gasteiger partial charge is 0.462 e. The van der Waals surface area contributed by atoms with Gasteiger partial charge in [-0.1, -0.05) is 135 Å².